The Bertz CT molecular complexity index is 1510. The molecule has 3 aromatic carbocycles. The first-order chi connectivity index (χ1) is 23.0. The highest BCUT2D eigenvalue weighted by Crippen LogP contribution is 2.51. The zero-order valence-corrected chi connectivity index (χ0v) is 27.3. The van der Waals surface area contributed by atoms with Gasteiger partial charge in [-0.3, -0.25) is 0 Å². The Morgan fingerprint density at radius 3 is 2.26 bits per heavy atom. The Kier molecular flexibility index (Phi) is 9.80. The molecule has 252 valence electrons. The normalized spacial score (nSPS) is 25.9. The lowest BCUT2D eigenvalue weighted by Gasteiger charge is -2.45. The number of methoxy groups -OCH3 is 1. The average Bonchev–Trinajstić information content (AvgIpc) is 3.78. The molecule has 2 heterocycles. The number of ether oxygens (including phenoxy) is 5. The van der Waals surface area contributed by atoms with E-state index in [0.29, 0.717) is 47.8 Å². The van der Waals surface area contributed by atoms with Gasteiger partial charge in [-0.1, -0.05) is 12.1 Å². The van der Waals surface area contributed by atoms with Gasteiger partial charge in [0.1, 0.15) is 34.9 Å². The Balaban J connectivity index is 1.21. The lowest BCUT2D eigenvalue weighted by Crippen LogP contribution is -2.46. The number of rotatable bonds is 11. The molecule has 0 aromatic heterocycles. The fraction of sp³-hybridized carbons (Fsp3) is 0.538. The van der Waals surface area contributed by atoms with Crippen LogP contribution in [0.15, 0.2) is 54.6 Å². The van der Waals surface area contributed by atoms with Crippen LogP contribution in [0.3, 0.4) is 0 Å². The predicted octanol–water partition coefficient (Wildman–Crippen LogP) is 7.21. The van der Waals surface area contributed by atoms with Crippen LogP contribution >= 0.6 is 0 Å². The monoisotopic (exact) mass is 644 g/mol. The zero-order valence-electron chi connectivity index (χ0n) is 27.3. The van der Waals surface area contributed by atoms with E-state index in [1.54, 1.807) is 19.2 Å². The fourth-order valence-electron chi connectivity index (χ4n) is 8.17. The van der Waals surface area contributed by atoms with Crippen LogP contribution in [-0.4, -0.2) is 54.0 Å². The maximum atomic E-state index is 12.2. The van der Waals surface area contributed by atoms with Crippen LogP contribution in [0.5, 0.6) is 28.7 Å². The number of aliphatic hydroxyl groups excluding tert-OH is 2. The quantitative estimate of drug-likeness (QED) is 0.188. The summed E-state index contributed by atoms with van der Waals surface area (Å²) in [5, 5.41) is 34.4. The molecule has 5 unspecified atom stereocenters. The largest absolute Gasteiger partial charge is 0.508 e. The molecule has 8 heteroatoms. The van der Waals surface area contributed by atoms with Gasteiger partial charge in [-0.25, -0.2) is 0 Å². The topological polar surface area (TPSA) is 107 Å². The Morgan fingerprint density at radius 2 is 1.53 bits per heavy atom. The van der Waals surface area contributed by atoms with Gasteiger partial charge in [-0.05, 0) is 112 Å². The van der Waals surface area contributed by atoms with Crippen molar-refractivity contribution >= 4 is 0 Å². The minimum absolute atomic E-state index is 0.148. The number of hydrogen-bond acceptors (Lipinski definition) is 8. The van der Waals surface area contributed by atoms with Crippen LogP contribution in [0.25, 0.3) is 0 Å². The van der Waals surface area contributed by atoms with Gasteiger partial charge >= 0.3 is 0 Å². The minimum atomic E-state index is -0.915. The van der Waals surface area contributed by atoms with Gasteiger partial charge in [0.05, 0.1) is 31.0 Å². The summed E-state index contributed by atoms with van der Waals surface area (Å²) in [5.74, 6) is 2.09. The van der Waals surface area contributed by atoms with E-state index in [0.717, 1.165) is 61.8 Å². The molecule has 2 aliphatic carbocycles. The van der Waals surface area contributed by atoms with Crippen molar-refractivity contribution in [2.75, 3.05) is 20.3 Å². The van der Waals surface area contributed by atoms with Crippen molar-refractivity contribution in [3.05, 3.63) is 76.9 Å². The first kappa shape index (κ1) is 32.1. The smallest absolute Gasteiger partial charge is 0.128 e. The summed E-state index contributed by atoms with van der Waals surface area (Å²) in [5.41, 5.74) is 3.19. The summed E-state index contributed by atoms with van der Waals surface area (Å²) < 4.78 is 31.3. The second kappa shape index (κ2) is 14.3. The summed E-state index contributed by atoms with van der Waals surface area (Å²) in [6.07, 6.45) is 8.93. The molecular weight excluding hydrogens is 596 g/mol. The molecule has 0 saturated heterocycles. The van der Waals surface area contributed by atoms with E-state index in [1.807, 2.05) is 42.5 Å². The number of aliphatic hydroxyl groups is 2. The van der Waals surface area contributed by atoms with Crippen molar-refractivity contribution in [1.82, 2.24) is 0 Å². The lowest BCUT2D eigenvalue weighted by molar-refractivity contribution is -0.0890. The molecule has 0 bridgehead atoms. The lowest BCUT2D eigenvalue weighted by atomic mass is 9.72. The van der Waals surface area contributed by atoms with Crippen LogP contribution in [0, 0.1) is 11.8 Å². The second-order valence-corrected chi connectivity index (χ2v) is 13.8. The summed E-state index contributed by atoms with van der Waals surface area (Å²) in [4.78, 5) is 0. The van der Waals surface area contributed by atoms with Gasteiger partial charge < -0.3 is 39.0 Å². The zero-order chi connectivity index (χ0) is 32.3. The van der Waals surface area contributed by atoms with Crippen LogP contribution in [0.4, 0.5) is 0 Å². The van der Waals surface area contributed by atoms with E-state index in [-0.39, 0.29) is 30.7 Å². The van der Waals surface area contributed by atoms with E-state index >= 15 is 0 Å². The van der Waals surface area contributed by atoms with Gasteiger partial charge in [-0.2, -0.15) is 0 Å². The molecule has 4 aliphatic rings. The highest BCUT2D eigenvalue weighted by atomic mass is 16.5. The molecule has 2 aliphatic heterocycles. The van der Waals surface area contributed by atoms with Crippen molar-refractivity contribution in [2.45, 2.75) is 101 Å². The number of fused-ring (bicyclic) bond motifs is 2. The standard InChI is InChI=1S/C39H48O8/c1-43-17-7-14-35-36(38(42)31-21-29(15-16-34(31)47-35)45-27-10-2-3-11-27)33-23-44-39-25(18-24-8-6-9-26(40)19-24)20-30(22-32(39)37(33)41)46-28-12-4-5-13-28/h6,8-9,15-16,19-22,27-28,33,35-38,40-42H,2-5,7,10-14,17-18,23H2,1H3. The van der Waals surface area contributed by atoms with Crippen LogP contribution in [0.1, 0.15) is 98.7 Å². The number of aromatic hydroxyl groups is 1. The SMILES string of the molecule is COCCCC1Oc2ccc(OC3CCCC3)cc2C(O)C1C1COc2c(Cc3cccc(O)c3)cc(OC3CCCC3)cc2C1O. The molecule has 3 N–H and O–H groups in total. The first-order valence-corrected chi connectivity index (χ1v) is 17.5. The van der Waals surface area contributed by atoms with Crippen molar-refractivity contribution in [3.8, 4) is 28.7 Å². The van der Waals surface area contributed by atoms with Crippen LogP contribution in [0.2, 0.25) is 0 Å². The number of phenols is 1. The molecule has 8 nitrogen and oxygen atoms in total. The Labute approximate surface area is 277 Å². The van der Waals surface area contributed by atoms with E-state index < -0.39 is 24.0 Å². The van der Waals surface area contributed by atoms with Crippen molar-refractivity contribution in [1.29, 1.82) is 0 Å². The highest BCUT2D eigenvalue weighted by molar-refractivity contribution is 5.52. The molecule has 47 heavy (non-hydrogen) atoms. The third-order valence-electron chi connectivity index (χ3n) is 10.5. The van der Waals surface area contributed by atoms with Gasteiger partial charge in [0, 0.05) is 48.7 Å². The molecule has 2 fully saturated rings. The third-order valence-corrected chi connectivity index (χ3v) is 10.5. The summed E-state index contributed by atoms with van der Waals surface area (Å²) >= 11 is 0. The molecule has 7 rings (SSSR count). The van der Waals surface area contributed by atoms with E-state index in [1.165, 1.54) is 12.8 Å². The maximum absolute atomic E-state index is 12.2. The summed E-state index contributed by atoms with van der Waals surface area (Å²) in [6.45, 7) is 0.806. The molecule has 0 radical (unpaired) electrons. The van der Waals surface area contributed by atoms with E-state index in [4.69, 9.17) is 23.7 Å². The third kappa shape index (κ3) is 7.06. The molecule has 0 spiro atoms. The Hall–Kier alpha value is -3.46. The number of phenolic OH excluding ortho intramolecular Hbond substituents is 1. The van der Waals surface area contributed by atoms with Crippen molar-refractivity contribution < 1.29 is 39.0 Å². The molecule has 0 amide bonds. The van der Waals surface area contributed by atoms with E-state index in [2.05, 4.69) is 0 Å². The predicted molar refractivity (Wildman–Crippen MR) is 177 cm³/mol. The van der Waals surface area contributed by atoms with Gasteiger partial charge in [-0.15, -0.1) is 0 Å². The Morgan fingerprint density at radius 1 is 0.809 bits per heavy atom. The van der Waals surface area contributed by atoms with Gasteiger partial charge in [0.25, 0.3) is 0 Å². The highest BCUT2D eigenvalue weighted by Gasteiger charge is 2.47. The first-order valence-electron chi connectivity index (χ1n) is 17.5. The molecular formula is C39H48O8. The van der Waals surface area contributed by atoms with Crippen LogP contribution in [-0.2, 0) is 11.2 Å². The van der Waals surface area contributed by atoms with E-state index in [9.17, 15) is 15.3 Å². The molecule has 5 atom stereocenters. The van der Waals surface area contributed by atoms with Gasteiger partial charge in [0.2, 0.25) is 0 Å². The molecule has 3 aromatic rings. The van der Waals surface area contributed by atoms with Crippen LogP contribution < -0.4 is 18.9 Å². The number of hydrogen-bond donors (Lipinski definition) is 3. The summed E-state index contributed by atoms with van der Waals surface area (Å²) in [6, 6.07) is 16.9. The molecule has 2 saturated carbocycles. The van der Waals surface area contributed by atoms with Crippen molar-refractivity contribution in [2.24, 2.45) is 11.8 Å². The van der Waals surface area contributed by atoms with Gasteiger partial charge in [0.15, 0.2) is 0 Å². The van der Waals surface area contributed by atoms with Crippen molar-refractivity contribution in [3.63, 3.8) is 0 Å². The summed E-state index contributed by atoms with van der Waals surface area (Å²) in [7, 11) is 1.69. The average molecular weight is 645 g/mol. The minimum Gasteiger partial charge on any atom is -0.508 e. The fourth-order valence-corrected chi connectivity index (χ4v) is 8.17. The maximum Gasteiger partial charge on any atom is 0.128 e. The second-order valence-electron chi connectivity index (χ2n) is 13.8. The number of benzene rings is 3.